The molecule has 1 unspecified atom stereocenters. The molecular formula is C25H27F2N5O2. The second kappa shape index (κ2) is 9.40. The average molecular weight is 468 g/mol. The number of alkyl halides is 1. The second-order valence-electron chi connectivity index (χ2n) is 9.01. The van der Waals surface area contributed by atoms with Crippen LogP contribution in [0.5, 0.6) is 0 Å². The Labute approximate surface area is 196 Å². The van der Waals surface area contributed by atoms with Gasteiger partial charge in [-0.3, -0.25) is 4.79 Å². The van der Waals surface area contributed by atoms with Crippen molar-refractivity contribution in [2.75, 3.05) is 34.8 Å². The zero-order valence-corrected chi connectivity index (χ0v) is 19.1. The molecule has 2 aliphatic heterocycles. The van der Waals surface area contributed by atoms with E-state index in [1.54, 1.807) is 24.4 Å². The molecule has 0 saturated carbocycles. The van der Waals surface area contributed by atoms with Crippen LogP contribution in [0.25, 0.3) is 0 Å². The van der Waals surface area contributed by atoms with Gasteiger partial charge >= 0.3 is 0 Å². The summed E-state index contributed by atoms with van der Waals surface area (Å²) in [5.41, 5.74) is 2.17. The first-order valence-electron chi connectivity index (χ1n) is 11.6. The normalized spacial score (nSPS) is 18.0. The maximum atomic E-state index is 14.0. The molecule has 34 heavy (non-hydrogen) atoms. The minimum Gasteiger partial charge on any atom is -0.418 e. The molecule has 0 spiro atoms. The Balaban J connectivity index is 1.27. The zero-order valence-electron chi connectivity index (χ0n) is 19.1. The van der Waals surface area contributed by atoms with E-state index in [1.807, 2.05) is 11.0 Å². The average Bonchev–Trinajstić information content (AvgIpc) is 3.29. The number of pyridine rings is 1. The van der Waals surface area contributed by atoms with E-state index in [1.165, 1.54) is 6.07 Å². The Kier molecular flexibility index (Phi) is 6.17. The van der Waals surface area contributed by atoms with Gasteiger partial charge in [-0.2, -0.15) is 4.98 Å². The van der Waals surface area contributed by atoms with Crippen molar-refractivity contribution in [3.63, 3.8) is 0 Å². The fraction of sp³-hybridized carbons (Fsp3) is 0.400. The molecule has 178 valence electrons. The summed E-state index contributed by atoms with van der Waals surface area (Å²) in [6.45, 7) is 4.03. The third kappa shape index (κ3) is 4.47. The number of fused-ring (bicyclic) bond motifs is 1. The van der Waals surface area contributed by atoms with Crippen molar-refractivity contribution in [1.82, 2.24) is 9.97 Å². The predicted molar refractivity (Wildman–Crippen MR) is 125 cm³/mol. The molecule has 1 N–H and O–H groups in total. The maximum Gasteiger partial charge on any atom is 0.298 e. The minimum atomic E-state index is -0.885. The highest BCUT2D eigenvalue weighted by molar-refractivity contribution is 6.03. The van der Waals surface area contributed by atoms with Crippen LogP contribution in [0.1, 0.15) is 47.1 Å². The Morgan fingerprint density at radius 3 is 2.88 bits per heavy atom. The number of aromatic nitrogens is 2. The lowest BCUT2D eigenvalue weighted by atomic mass is 9.99. The van der Waals surface area contributed by atoms with E-state index in [-0.39, 0.29) is 17.3 Å². The van der Waals surface area contributed by atoms with Gasteiger partial charge in [0, 0.05) is 26.2 Å². The topological polar surface area (TPSA) is 74.5 Å². The van der Waals surface area contributed by atoms with E-state index in [0.717, 1.165) is 42.9 Å². The summed E-state index contributed by atoms with van der Waals surface area (Å²) in [7, 11) is 0. The van der Waals surface area contributed by atoms with Crippen LogP contribution in [0.4, 0.5) is 26.3 Å². The number of amides is 1. The number of oxazole rings is 1. The lowest BCUT2D eigenvalue weighted by molar-refractivity contribution is 0.0994. The highest BCUT2D eigenvalue weighted by Crippen LogP contribution is 2.27. The SMILES string of the molecule is CC1CCCN(c2nc(CF)c(C(=O)Nc3ccc(N4CCc5c(F)cccc5C4)nc3)o2)C1. The number of nitrogens with zero attached hydrogens (tertiary/aromatic N) is 4. The molecule has 0 radical (unpaired) electrons. The summed E-state index contributed by atoms with van der Waals surface area (Å²) in [5.74, 6) is 0.381. The van der Waals surface area contributed by atoms with Gasteiger partial charge in [-0.25, -0.2) is 13.8 Å². The van der Waals surface area contributed by atoms with Gasteiger partial charge in [0.15, 0.2) is 0 Å². The first-order valence-corrected chi connectivity index (χ1v) is 11.6. The van der Waals surface area contributed by atoms with Crippen LogP contribution < -0.4 is 15.1 Å². The smallest absolute Gasteiger partial charge is 0.298 e. The summed E-state index contributed by atoms with van der Waals surface area (Å²) in [6.07, 6.45) is 4.29. The molecule has 4 heterocycles. The van der Waals surface area contributed by atoms with Gasteiger partial charge in [-0.1, -0.05) is 19.1 Å². The van der Waals surface area contributed by atoms with Gasteiger partial charge in [0.05, 0.1) is 11.9 Å². The van der Waals surface area contributed by atoms with Crippen LogP contribution in [0.2, 0.25) is 0 Å². The van der Waals surface area contributed by atoms with Crippen LogP contribution in [0.3, 0.4) is 0 Å². The van der Waals surface area contributed by atoms with Gasteiger partial charge in [-0.15, -0.1) is 0 Å². The fourth-order valence-electron chi connectivity index (χ4n) is 4.70. The molecule has 3 aromatic rings. The van der Waals surface area contributed by atoms with Gasteiger partial charge in [0.1, 0.15) is 24.0 Å². The number of anilines is 3. The molecule has 2 aliphatic rings. The minimum absolute atomic E-state index is 0.00507. The van der Waals surface area contributed by atoms with E-state index in [9.17, 15) is 13.6 Å². The van der Waals surface area contributed by atoms with E-state index in [2.05, 4.69) is 27.1 Å². The van der Waals surface area contributed by atoms with E-state index >= 15 is 0 Å². The number of hydrogen-bond acceptors (Lipinski definition) is 6. The molecule has 1 atom stereocenters. The number of benzene rings is 1. The third-order valence-corrected chi connectivity index (χ3v) is 6.48. The van der Waals surface area contributed by atoms with Crippen molar-refractivity contribution >= 4 is 23.4 Å². The Morgan fingerprint density at radius 1 is 1.24 bits per heavy atom. The van der Waals surface area contributed by atoms with Crippen LogP contribution >= 0.6 is 0 Å². The van der Waals surface area contributed by atoms with Crippen molar-refractivity contribution < 1.29 is 18.0 Å². The lowest BCUT2D eigenvalue weighted by Crippen LogP contribution is -2.34. The number of hydrogen-bond donors (Lipinski definition) is 1. The summed E-state index contributed by atoms with van der Waals surface area (Å²) in [4.78, 5) is 25.5. The fourth-order valence-corrected chi connectivity index (χ4v) is 4.70. The van der Waals surface area contributed by atoms with Crippen molar-refractivity contribution in [1.29, 1.82) is 0 Å². The molecule has 0 bridgehead atoms. The van der Waals surface area contributed by atoms with Gasteiger partial charge in [-0.05, 0) is 54.5 Å². The van der Waals surface area contributed by atoms with Gasteiger partial charge < -0.3 is 19.5 Å². The number of carbonyl (C=O) groups is 1. The first-order chi connectivity index (χ1) is 16.5. The predicted octanol–water partition coefficient (Wildman–Crippen LogP) is 4.73. The maximum absolute atomic E-state index is 14.0. The zero-order chi connectivity index (χ0) is 23.7. The highest BCUT2D eigenvalue weighted by atomic mass is 19.1. The Hall–Kier alpha value is -3.49. The molecule has 1 aromatic carbocycles. The van der Waals surface area contributed by atoms with Crippen LogP contribution in [0.15, 0.2) is 40.9 Å². The Morgan fingerprint density at radius 2 is 2.12 bits per heavy atom. The largest absolute Gasteiger partial charge is 0.418 e. The third-order valence-electron chi connectivity index (χ3n) is 6.48. The molecule has 9 heteroatoms. The number of halogens is 2. The molecule has 0 aliphatic carbocycles. The van der Waals surface area contributed by atoms with E-state index in [4.69, 9.17) is 4.42 Å². The Bertz CT molecular complexity index is 1180. The lowest BCUT2D eigenvalue weighted by Gasteiger charge is -2.30. The molecular weight excluding hydrogens is 440 g/mol. The number of nitrogens with one attached hydrogen (secondary N) is 1. The summed E-state index contributed by atoms with van der Waals surface area (Å²) < 4.78 is 33.2. The quantitative estimate of drug-likeness (QED) is 0.585. The van der Waals surface area contributed by atoms with Crippen LogP contribution in [-0.4, -0.2) is 35.5 Å². The summed E-state index contributed by atoms with van der Waals surface area (Å²) >= 11 is 0. The molecule has 5 rings (SSSR count). The van der Waals surface area contributed by atoms with Crippen LogP contribution in [-0.2, 0) is 19.6 Å². The van der Waals surface area contributed by atoms with Crippen molar-refractivity contribution in [2.45, 2.75) is 39.4 Å². The van der Waals surface area contributed by atoms with E-state index < -0.39 is 12.6 Å². The molecule has 7 nitrogen and oxygen atoms in total. The van der Waals surface area contributed by atoms with Gasteiger partial charge in [0.2, 0.25) is 5.76 Å². The standard InChI is InChI=1S/C25H27F2N5O2/c1-16-4-3-10-32(14-16)25-30-21(12-26)23(34-25)24(33)29-18-7-8-22(28-13-18)31-11-9-19-17(15-31)5-2-6-20(19)27/h2,5-8,13,16H,3-4,9-12,14-15H2,1H3,(H,29,33). The number of rotatable bonds is 5. The molecule has 2 aromatic heterocycles. The van der Waals surface area contributed by atoms with Crippen LogP contribution in [0, 0.1) is 11.7 Å². The number of piperidine rings is 1. The van der Waals surface area contributed by atoms with Crippen molar-refractivity contribution in [2.24, 2.45) is 5.92 Å². The second-order valence-corrected chi connectivity index (χ2v) is 9.01. The van der Waals surface area contributed by atoms with Crippen molar-refractivity contribution in [3.8, 4) is 0 Å². The number of carbonyl (C=O) groups excluding carboxylic acids is 1. The first kappa shape index (κ1) is 22.3. The summed E-state index contributed by atoms with van der Waals surface area (Å²) in [5, 5.41) is 2.72. The van der Waals surface area contributed by atoms with Gasteiger partial charge in [0.25, 0.3) is 11.9 Å². The van der Waals surface area contributed by atoms with E-state index in [0.29, 0.717) is 37.1 Å². The van der Waals surface area contributed by atoms with Crippen molar-refractivity contribution in [3.05, 3.63) is 64.9 Å². The molecule has 1 fully saturated rings. The molecule has 1 saturated heterocycles. The molecule has 1 amide bonds. The highest BCUT2D eigenvalue weighted by Gasteiger charge is 2.26. The monoisotopic (exact) mass is 467 g/mol. The summed E-state index contributed by atoms with van der Waals surface area (Å²) in [6, 6.07) is 8.97.